The van der Waals surface area contributed by atoms with Crippen molar-refractivity contribution in [3.8, 4) is 66.8 Å². The predicted molar refractivity (Wildman–Crippen MR) is 373 cm³/mol. The molecular weight excluding hydrogens is 1040 g/mol. The molecule has 0 unspecified atom stereocenters. The van der Waals surface area contributed by atoms with Gasteiger partial charge in [0.15, 0.2) is 0 Å². The molecule has 0 saturated carbocycles. The third-order valence-electron chi connectivity index (χ3n) is 21.4. The van der Waals surface area contributed by atoms with Gasteiger partial charge >= 0.3 is 0 Å². The Morgan fingerprint density at radius 3 is 0.724 bits per heavy atom. The molecule has 0 N–H and O–H groups in total. The summed E-state index contributed by atoms with van der Waals surface area (Å²) in [6.07, 6.45) is 0. The largest absolute Gasteiger partial charge is 0.0622 e. The zero-order chi connectivity index (χ0) is 58.0. The second kappa shape index (κ2) is 17.1. The quantitative estimate of drug-likeness (QED) is 0.155. The van der Waals surface area contributed by atoms with E-state index < -0.39 is 0 Å². The van der Waals surface area contributed by atoms with Crippen LogP contribution in [0.15, 0.2) is 255 Å². The van der Waals surface area contributed by atoms with E-state index in [4.69, 9.17) is 0 Å². The molecule has 87 heavy (non-hydrogen) atoms. The van der Waals surface area contributed by atoms with Crippen LogP contribution in [0.1, 0.15) is 74.9 Å². The van der Waals surface area contributed by atoms with Crippen LogP contribution in [-0.2, 0) is 16.2 Å². The molecule has 0 heterocycles. The molecular formula is C87H60. The van der Waals surface area contributed by atoms with Gasteiger partial charge in [0.25, 0.3) is 0 Å². The summed E-state index contributed by atoms with van der Waals surface area (Å²) >= 11 is 0. The van der Waals surface area contributed by atoms with Crippen molar-refractivity contribution in [1.29, 1.82) is 0 Å². The van der Waals surface area contributed by atoms with E-state index in [1.165, 1.54) is 197 Å². The van der Waals surface area contributed by atoms with Crippen LogP contribution in [0.25, 0.3) is 164 Å². The topological polar surface area (TPSA) is 0 Å². The van der Waals surface area contributed by atoms with Gasteiger partial charge in [-0.15, -0.1) is 0 Å². The third-order valence-corrected chi connectivity index (χ3v) is 21.4. The van der Waals surface area contributed by atoms with Crippen LogP contribution in [0.5, 0.6) is 0 Å². The Hall–Kier alpha value is -10.1. The van der Waals surface area contributed by atoms with E-state index >= 15 is 0 Å². The van der Waals surface area contributed by atoms with Crippen LogP contribution in [0.2, 0.25) is 0 Å². The zero-order valence-corrected chi connectivity index (χ0v) is 49.7. The van der Waals surface area contributed by atoms with Gasteiger partial charge in [0.1, 0.15) is 0 Å². The summed E-state index contributed by atoms with van der Waals surface area (Å²) in [5.74, 6) is 0. The van der Waals surface area contributed by atoms with Gasteiger partial charge < -0.3 is 0 Å². The first-order valence-corrected chi connectivity index (χ1v) is 31.1. The van der Waals surface area contributed by atoms with Crippen molar-refractivity contribution in [2.24, 2.45) is 0 Å². The molecule has 3 aliphatic carbocycles. The molecule has 0 amide bonds. The summed E-state index contributed by atoms with van der Waals surface area (Å²) in [6.45, 7) is 15.3. The number of hydrogen-bond donors (Lipinski definition) is 0. The van der Waals surface area contributed by atoms with E-state index in [1.807, 2.05) is 0 Å². The van der Waals surface area contributed by atoms with Crippen molar-refractivity contribution < 1.29 is 0 Å². The predicted octanol–water partition coefficient (Wildman–Crippen LogP) is 24.0. The Bertz CT molecular complexity index is 5770. The van der Waals surface area contributed by atoms with Crippen molar-refractivity contribution in [1.82, 2.24) is 0 Å². The van der Waals surface area contributed by atoms with Crippen LogP contribution in [0, 0.1) is 0 Å². The standard InChI is InChI=1S/C87H60/c1-85(2)77-47-71-62-35-17-13-31-58(62)56-29-11-15-33-60(56)68(71)44-74(77)80-82(85)79-73-43-67-59-32-14-10-28-55(59)57-30-12-16-34-61(57)70(67)46-76(73)86(3,4)83(79)81-75-45-69-64-37-19-18-36-63(64)66-42-54(38-39-65(66)72(69)48-78(75)87(5,6)84(80)81)53-27-21-26-52(41-53)51-25-20-24-50(40-51)49-22-8-7-9-23-49/h7-48H,1-6H3. The number of hydrogen-bond acceptors (Lipinski definition) is 0. The fraction of sp³-hybridized carbons (Fsp3) is 0.103. The van der Waals surface area contributed by atoms with E-state index in [9.17, 15) is 0 Å². The van der Waals surface area contributed by atoms with E-state index in [2.05, 4.69) is 296 Å². The SMILES string of the molecule is CC1(C)c2cc3c4ccccc4c4ccccc4c3cc2-c2c1c1c(c3c2C(C)(C)c2cc4c5ccc(-c6cccc(-c7cccc(-c8ccccc8)c7)c6)cc5c5ccccc5c4cc2-3)C(C)(C)c2cc3c4ccccc4c4ccccc4c3cc2-1. The first kappa shape index (κ1) is 49.2. The highest BCUT2D eigenvalue weighted by Gasteiger charge is 2.53. The lowest BCUT2D eigenvalue weighted by Gasteiger charge is -2.31. The summed E-state index contributed by atoms with van der Waals surface area (Å²) < 4.78 is 0. The molecule has 0 saturated heterocycles. The molecule has 16 aromatic rings. The molecule has 408 valence electrons. The maximum absolute atomic E-state index is 2.64. The van der Waals surface area contributed by atoms with E-state index in [1.54, 1.807) is 0 Å². The molecule has 16 aromatic carbocycles. The Morgan fingerprint density at radius 2 is 0.402 bits per heavy atom. The highest BCUT2D eigenvalue weighted by Crippen LogP contribution is 2.69. The smallest absolute Gasteiger partial charge is 0.0165 e. The molecule has 0 spiro atoms. The first-order valence-electron chi connectivity index (χ1n) is 31.1. The Morgan fingerprint density at radius 1 is 0.172 bits per heavy atom. The molecule has 3 aliphatic rings. The van der Waals surface area contributed by atoms with Crippen LogP contribution >= 0.6 is 0 Å². The highest BCUT2D eigenvalue weighted by atomic mass is 14.6. The van der Waals surface area contributed by atoms with Crippen LogP contribution < -0.4 is 0 Å². The molecule has 0 radical (unpaired) electrons. The van der Waals surface area contributed by atoms with Gasteiger partial charge in [-0.2, -0.15) is 0 Å². The third kappa shape index (κ3) is 6.42. The van der Waals surface area contributed by atoms with Crippen molar-refractivity contribution >= 4 is 97.0 Å². The Kier molecular flexibility index (Phi) is 9.64. The summed E-state index contributed by atoms with van der Waals surface area (Å²) in [6, 6.07) is 97.5. The van der Waals surface area contributed by atoms with Crippen LogP contribution in [0.4, 0.5) is 0 Å². The van der Waals surface area contributed by atoms with Gasteiger partial charge in [0.2, 0.25) is 0 Å². The lowest BCUT2D eigenvalue weighted by Crippen LogP contribution is -2.22. The molecule has 0 nitrogen and oxygen atoms in total. The van der Waals surface area contributed by atoms with E-state index in [0.717, 1.165) is 0 Å². The molecule has 0 heteroatoms. The summed E-state index contributed by atoms with van der Waals surface area (Å²) in [7, 11) is 0. The highest BCUT2D eigenvalue weighted by molar-refractivity contribution is 6.30. The molecule has 0 bridgehead atoms. The molecule has 0 atom stereocenters. The Labute approximate surface area is 506 Å². The van der Waals surface area contributed by atoms with Crippen LogP contribution in [-0.4, -0.2) is 0 Å². The maximum atomic E-state index is 2.64. The van der Waals surface area contributed by atoms with Crippen molar-refractivity contribution in [3.05, 3.63) is 288 Å². The lowest BCUT2D eigenvalue weighted by atomic mass is 9.71. The summed E-state index contributed by atoms with van der Waals surface area (Å²) in [5, 5.41) is 23.6. The molecule has 0 aliphatic heterocycles. The zero-order valence-electron chi connectivity index (χ0n) is 49.7. The molecule has 0 aromatic heterocycles. The number of rotatable bonds is 3. The number of fused-ring (bicyclic) bond motifs is 30. The van der Waals surface area contributed by atoms with Crippen molar-refractivity contribution in [2.75, 3.05) is 0 Å². The number of benzene rings is 16. The van der Waals surface area contributed by atoms with Crippen molar-refractivity contribution in [2.45, 2.75) is 57.8 Å². The fourth-order valence-corrected chi connectivity index (χ4v) is 17.5. The second-order valence-corrected chi connectivity index (χ2v) is 27.0. The summed E-state index contributed by atoms with van der Waals surface area (Å²) in [5.41, 5.74) is 23.4. The minimum atomic E-state index is -0.367. The van der Waals surface area contributed by atoms with Crippen LogP contribution in [0.3, 0.4) is 0 Å². The monoisotopic (exact) mass is 1100 g/mol. The minimum absolute atomic E-state index is 0.339. The van der Waals surface area contributed by atoms with Gasteiger partial charge in [-0.25, -0.2) is 0 Å². The average molecular weight is 1110 g/mol. The van der Waals surface area contributed by atoms with Gasteiger partial charge in [-0.05, 0) is 252 Å². The van der Waals surface area contributed by atoms with E-state index in [-0.39, 0.29) is 16.2 Å². The molecule has 0 fully saturated rings. The van der Waals surface area contributed by atoms with Crippen molar-refractivity contribution in [3.63, 3.8) is 0 Å². The average Bonchev–Trinajstić information content (AvgIpc) is 1.49. The lowest BCUT2D eigenvalue weighted by molar-refractivity contribution is 0.636. The van der Waals surface area contributed by atoms with Gasteiger partial charge in [0.05, 0.1) is 0 Å². The van der Waals surface area contributed by atoms with Gasteiger partial charge in [0, 0.05) is 16.2 Å². The maximum Gasteiger partial charge on any atom is 0.0165 e. The summed E-state index contributed by atoms with van der Waals surface area (Å²) in [4.78, 5) is 0. The van der Waals surface area contributed by atoms with E-state index in [0.29, 0.717) is 0 Å². The minimum Gasteiger partial charge on any atom is -0.0622 e. The Balaban J connectivity index is 0.892. The first-order chi connectivity index (χ1) is 42.4. The second-order valence-electron chi connectivity index (χ2n) is 27.0. The normalized spacial score (nSPS) is 14.8. The fourth-order valence-electron chi connectivity index (χ4n) is 17.5. The van der Waals surface area contributed by atoms with Gasteiger partial charge in [-0.1, -0.05) is 242 Å². The van der Waals surface area contributed by atoms with Gasteiger partial charge in [-0.3, -0.25) is 0 Å². The molecule has 19 rings (SSSR count).